The maximum Gasteiger partial charge on any atom is 0.125 e. The number of hydrogen-bond donors (Lipinski definition) is 0. The molecule has 4 aromatic carbocycles. The van der Waals surface area contributed by atoms with Crippen LogP contribution in [-0.4, -0.2) is 14.2 Å². The summed E-state index contributed by atoms with van der Waals surface area (Å²) in [5.41, 5.74) is 6.31. The Hall–Kier alpha value is -3.26. The predicted molar refractivity (Wildman–Crippen MR) is 112 cm³/mol. The Balaban J connectivity index is 1.89. The lowest BCUT2D eigenvalue weighted by Crippen LogP contribution is -2.23. The first-order chi connectivity index (χ1) is 13.3. The third kappa shape index (κ3) is 2.33. The highest BCUT2D eigenvalue weighted by Gasteiger charge is 2.33. The molecule has 0 fully saturated rings. The number of benzene rings is 4. The molecule has 0 N–H and O–H groups in total. The van der Waals surface area contributed by atoms with Crippen LogP contribution in [0, 0.1) is 0 Å². The van der Waals surface area contributed by atoms with Gasteiger partial charge in [0.25, 0.3) is 0 Å². The minimum Gasteiger partial charge on any atom is -0.496 e. The van der Waals surface area contributed by atoms with E-state index in [0.717, 1.165) is 5.75 Å². The zero-order valence-corrected chi connectivity index (χ0v) is 15.5. The molecule has 1 aliphatic heterocycles. The van der Waals surface area contributed by atoms with Crippen LogP contribution in [0.3, 0.4) is 0 Å². The van der Waals surface area contributed by atoms with Gasteiger partial charge in [0.15, 0.2) is 0 Å². The van der Waals surface area contributed by atoms with Gasteiger partial charge in [0, 0.05) is 29.9 Å². The van der Waals surface area contributed by atoms with Gasteiger partial charge in [-0.2, -0.15) is 0 Å². The summed E-state index contributed by atoms with van der Waals surface area (Å²) >= 11 is 0. The topological polar surface area (TPSA) is 12.5 Å². The normalized spacial score (nSPS) is 15.3. The van der Waals surface area contributed by atoms with E-state index in [9.17, 15) is 0 Å². The first kappa shape index (κ1) is 16.0. The number of para-hydroxylation sites is 1. The van der Waals surface area contributed by atoms with Crippen molar-refractivity contribution >= 4 is 22.1 Å². The average molecular weight is 351 g/mol. The lowest BCUT2D eigenvalue weighted by molar-refractivity contribution is 0.409. The van der Waals surface area contributed by atoms with Crippen LogP contribution in [0.2, 0.25) is 0 Å². The van der Waals surface area contributed by atoms with Gasteiger partial charge in [-0.3, -0.25) is 0 Å². The SMILES string of the molecule is COc1cccc2c1C(c1cccc3ccccc13)c1ccccc1N2C. The van der Waals surface area contributed by atoms with E-state index in [-0.39, 0.29) is 5.92 Å². The van der Waals surface area contributed by atoms with Gasteiger partial charge in [-0.1, -0.05) is 66.7 Å². The van der Waals surface area contributed by atoms with Gasteiger partial charge in [0.05, 0.1) is 7.11 Å². The first-order valence-corrected chi connectivity index (χ1v) is 9.27. The van der Waals surface area contributed by atoms with Crippen LogP contribution >= 0.6 is 0 Å². The molecule has 0 radical (unpaired) electrons. The summed E-state index contributed by atoms with van der Waals surface area (Å²) in [6.45, 7) is 0. The number of anilines is 2. The van der Waals surface area contributed by atoms with E-state index in [0.29, 0.717) is 0 Å². The molecule has 5 rings (SSSR count). The zero-order valence-electron chi connectivity index (χ0n) is 15.5. The van der Waals surface area contributed by atoms with Crippen molar-refractivity contribution in [2.45, 2.75) is 5.92 Å². The van der Waals surface area contributed by atoms with Crippen molar-refractivity contribution in [1.29, 1.82) is 0 Å². The summed E-state index contributed by atoms with van der Waals surface area (Å²) in [5, 5.41) is 2.56. The maximum absolute atomic E-state index is 5.81. The smallest absolute Gasteiger partial charge is 0.125 e. The van der Waals surface area contributed by atoms with E-state index in [1.54, 1.807) is 7.11 Å². The number of rotatable bonds is 2. The zero-order chi connectivity index (χ0) is 18.4. The molecular weight excluding hydrogens is 330 g/mol. The lowest BCUT2D eigenvalue weighted by atomic mass is 9.78. The molecular formula is C25H21NO. The summed E-state index contributed by atoms with van der Waals surface area (Å²) in [7, 11) is 3.90. The predicted octanol–water partition coefficient (Wildman–Crippen LogP) is 6.11. The molecule has 0 amide bonds. The lowest BCUT2D eigenvalue weighted by Gasteiger charge is -2.37. The maximum atomic E-state index is 5.81. The second-order valence-corrected chi connectivity index (χ2v) is 7.01. The van der Waals surface area contributed by atoms with Gasteiger partial charge < -0.3 is 9.64 Å². The van der Waals surface area contributed by atoms with Crippen LogP contribution in [0.25, 0.3) is 10.8 Å². The van der Waals surface area contributed by atoms with E-state index in [1.807, 2.05) is 0 Å². The minimum atomic E-state index is 0.134. The fourth-order valence-electron chi connectivity index (χ4n) is 4.44. The molecule has 1 atom stereocenters. The highest BCUT2D eigenvalue weighted by Crippen LogP contribution is 2.51. The molecule has 1 heterocycles. The molecule has 0 aliphatic carbocycles. The second-order valence-electron chi connectivity index (χ2n) is 7.01. The summed E-state index contributed by atoms with van der Waals surface area (Å²) in [6.07, 6.45) is 0. The minimum absolute atomic E-state index is 0.134. The monoisotopic (exact) mass is 351 g/mol. The highest BCUT2D eigenvalue weighted by atomic mass is 16.5. The van der Waals surface area contributed by atoms with Crippen molar-refractivity contribution in [2.75, 3.05) is 19.1 Å². The van der Waals surface area contributed by atoms with Gasteiger partial charge in [0.2, 0.25) is 0 Å². The van der Waals surface area contributed by atoms with Crippen LogP contribution in [0.4, 0.5) is 11.4 Å². The average Bonchev–Trinajstić information content (AvgIpc) is 2.74. The standard InChI is InChI=1S/C25H21NO/c1-26-21-14-6-5-12-20(21)24(25-22(26)15-8-16-23(25)27-2)19-13-7-10-17-9-3-4-11-18(17)19/h3-16,24H,1-2H3. The molecule has 0 spiro atoms. The Labute approximate surface area is 159 Å². The van der Waals surface area contributed by atoms with E-state index < -0.39 is 0 Å². The molecule has 132 valence electrons. The first-order valence-electron chi connectivity index (χ1n) is 9.27. The molecule has 0 saturated heterocycles. The Kier molecular flexibility index (Phi) is 3.64. The second kappa shape index (κ2) is 6.17. The summed E-state index contributed by atoms with van der Waals surface area (Å²) in [4.78, 5) is 2.27. The van der Waals surface area contributed by atoms with Crippen molar-refractivity contribution in [1.82, 2.24) is 0 Å². The number of nitrogens with zero attached hydrogens (tertiary/aromatic N) is 1. The third-order valence-corrected chi connectivity index (χ3v) is 5.66. The Morgan fingerprint density at radius 1 is 0.704 bits per heavy atom. The fourth-order valence-corrected chi connectivity index (χ4v) is 4.44. The molecule has 0 aromatic heterocycles. The molecule has 0 bridgehead atoms. The molecule has 2 nitrogen and oxygen atoms in total. The van der Waals surface area contributed by atoms with Gasteiger partial charge in [-0.25, -0.2) is 0 Å². The van der Waals surface area contributed by atoms with Crippen molar-refractivity contribution < 1.29 is 4.74 Å². The molecule has 1 unspecified atom stereocenters. The Bertz CT molecular complexity index is 1140. The summed E-state index contributed by atoms with van der Waals surface area (Å²) < 4.78 is 5.81. The van der Waals surface area contributed by atoms with Gasteiger partial charge in [0.1, 0.15) is 5.75 Å². The van der Waals surface area contributed by atoms with E-state index >= 15 is 0 Å². The Morgan fingerprint density at radius 3 is 2.26 bits per heavy atom. The number of methoxy groups -OCH3 is 1. The van der Waals surface area contributed by atoms with Gasteiger partial charge >= 0.3 is 0 Å². The number of ether oxygens (including phenoxy) is 1. The quantitative estimate of drug-likeness (QED) is 0.432. The summed E-state index contributed by atoms with van der Waals surface area (Å²) in [5.74, 6) is 1.07. The van der Waals surface area contributed by atoms with Crippen LogP contribution in [0.1, 0.15) is 22.6 Å². The van der Waals surface area contributed by atoms with E-state index in [4.69, 9.17) is 4.74 Å². The van der Waals surface area contributed by atoms with Crippen molar-refractivity contribution in [3.05, 3.63) is 102 Å². The van der Waals surface area contributed by atoms with Crippen molar-refractivity contribution in [3.8, 4) is 5.75 Å². The molecule has 2 heteroatoms. The van der Waals surface area contributed by atoms with Crippen LogP contribution in [0.5, 0.6) is 5.75 Å². The largest absolute Gasteiger partial charge is 0.496 e. The van der Waals surface area contributed by atoms with Gasteiger partial charge in [-0.05, 0) is 40.1 Å². The molecule has 0 saturated carbocycles. The molecule has 1 aliphatic rings. The Morgan fingerprint density at radius 2 is 1.37 bits per heavy atom. The highest BCUT2D eigenvalue weighted by molar-refractivity contribution is 5.90. The van der Waals surface area contributed by atoms with Crippen LogP contribution in [0.15, 0.2) is 84.9 Å². The van der Waals surface area contributed by atoms with E-state index in [2.05, 4.69) is 96.9 Å². The number of hydrogen-bond acceptors (Lipinski definition) is 2. The van der Waals surface area contributed by atoms with Crippen LogP contribution < -0.4 is 9.64 Å². The summed E-state index contributed by atoms with van der Waals surface area (Å²) in [6, 6.07) is 30.2. The molecule has 27 heavy (non-hydrogen) atoms. The third-order valence-electron chi connectivity index (χ3n) is 5.66. The van der Waals surface area contributed by atoms with Crippen molar-refractivity contribution in [3.63, 3.8) is 0 Å². The fraction of sp³-hybridized carbons (Fsp3) is 0.120. The van der Waals surface area contributed by atoms with E-state index in [1.165, 1.54) is 38.8 Å². The molecule has 4 aromatic rings. The van der Waals surface area contributed by atoms with Gasteiger partial charge in [-0.15, -0.1) is 0 Å². The van der Waals surface area contributed by atoms with Crippen LogP contribution in [-0.2, 0) is 0 Å². The van der Waals surface area contributed by atoms with Crippen molar-refractivity contribution in [2.24, 2.45) is 0 Å². The number of fused-ring (bicyclic) bond motifs is 3.